The molecule has 0 N–H and O–H groups in total. The van der Waals surface area contributed by atoms with Crippen molar-refractivity contribution in [3.63, 3.8) is 0 Å². The molecule has 0 bridgehead atoms. The molecule has 0 spiro atoms. The van der Waals surface area contributed by atoms with E-state index in [0.717, 1.165) is 11.0 Å². The minimum absolute atomic E-state index is 0.132. The Morgan fingerprint density at radius 1 is 1.10 bits per heavy atom. The van der Waals surface area contributed by atoms with Gasteiger partial charge in [-0.05, 0) is 36.8 Å². The van der Waals surface area contributed by atoms with Gasteiger partial charge in [-0.25, -0.2) is 8.42 Å². The minimum atomic E-state index is -3.57. The van der Waals surface area contributed by atoms with E-state index in [2.05, 4.69) is 0 Å². The lowest BCUT2D eigenvalue weighted by Gasteiger charge is -2.03. The third kappa shape index (κ3) is 3.63. The van der Waals surface area contributed by atoms with Crippen LogP contribution in [-0.2, 0) is 9.84 Å². The zero-order valence-corrected chi connectivity index (χ0v) is 13.0. The van der Waals surface area contributed by atoms with Crippen molar-refractivity contribution in [2.45, 2.75) is 11.8 Å². The number of halogens is 2. The summed E-state index contributed by atoms with van der Waals surface area (Å²) in [6.07, 6.45) is 0. The third-order valence-corrected chi connectivity index (χ3v) is 4.88. The largest absolute Gasteiger partial charge is 0.219 e. The van der Waals surface area contributed by atoms with Crippen LogP contribution in [0.25, 0.3) is 5.03 Å². The molecule has 20 heavy (non-hydrogen) atoms. The fourth-order valence-electron chi connectivity index (χ4n) is 1.64. The fourth-order valence-corrected chi connectivity index (χ4v) is 3.36. The highest BCUT2D eigenvalue weighted by molar-refractivity contribution is 7.94. The lowest BCUT2D eigenvalue weighted by Crippen LogP contribution is -1.97. The van der Waals surface area contributed by atoms with Crippen LogP contribution in [0.4, 0.5) is 0 Å². The summed E-state index contributed by atoms with van der Waals surface area (Å²) in [5, 5.41) is 1.68. The molecule has 2 nitrogen and oxygen atoms in total. The quantitative estimate of drug-likeness (QED) is 0.822. The number of sulfone groups is 1. The lowest BCUT2D eigenvalue weighted by atomic mass is 10.2. The van der Waals surface area contributed by atoms with E-state index in [9.17, 15) is 8.42 Å². The molecule has 2 aromatic carbocycles. The van der Waals surface area contributed by atoms with Gasteiger partial charge in [-0.15, -0.1) is 0 Å². The molecule has 0 atom stereocenters. The second-order valence-corrected chi connectivity index (χ2v) is 6.97. The third-order valence-electron chi connectivity index (χ3n) is 2.71. The summed E-state index contributed by atoms with van der Waals surface area (Å²) < 4.78 is 24.4. The van der Waals surface area contributed by atoms with Crippen LogP contribution < -0.4 is 0 Å². The molecular formula is C15H12Cl2O2S. The van der Waals surface area contributed by atoms with Gasteiger partial charge in [-0.2, -0.15) is 0 Å². The SMILES string of the molecule is Cc1ccc(S(=O)(=O)/C=C(\Cl)c2cccc(Cl)c2)cc1. The molecule has 0 aromatic heterocycles. The highest BCUT2D eigenvalue weighted by Crippen LogP contribution is 2.25. The number of hydrogen-bond acceptors (Lipinski definition) is 2. The van der Waals surface area contributed by atoms with Gasteiger partial charge in [-0.3, -0.25) is 0 Å². The zero-order chi connectivity index (χ0) is 14.8. The molecule has 0 amide bonds. The van der Waals surface area contributed by atoms with Crippen molar-refractivity contribution in [2.75, 3.05) is 0 Å². The van der Waals surface area contributed by atoms with Crippen molar-refractivity contribution < 1.29 is 8.42 Å². The molecule has 0 radical (unpaired) electrons. The van der Waals surface area contributed by atoms with E-state index in [-0.39, 0.29) is 9.93 Å². The number of hydrogen-bond donors (Lipinski definition) is 0. The van der Waals surface area contributed by atoms with Crippen LogP contribution in [0.3, 0.4) is 0 Å². The van der Waals surface area contributed by atoms with E-state index in [4.69, 9.17) is 23.2 Å². The molecule has 0 heterocycles. The number of benzene rings is 2. The Hall–Kier alpha value is -1.29. The molecular weight excluding hydrogens is 315 g/mol. The molecule has 0 fully saturated rings. The first kappa shape index (κ1) is 15.1. The van der Waals surface area contributed by atoms with Gasteiger partial charge in [-0.1, -0.05) is 53.0 Å². The maximum absolute atomic E-state index is 12.2. The highest BCUT2D eigenvalue weighted by atomic mass is 35.5. The zero-order valence-electron chi connectivity index (χ0n) is 10.7. The van der Waals surface area contributed by atoms with Crippen molar-refractivity contribution in [2.24, 2.45) is 0 Å². The number of aryl methyl sites for hydroxylation is 1. The highest BCUT2D eigenvalue weighted by Gasteiger charge is 2.13. The molecule has 0 saturated heterocycles. The van der Waals surface area contributed by atoms with Crippen molar-refractivity contribution in [3.8, 4) is 0 Å². The van der Waals surface area contributed by atoms with E-state index in [1.165, 1.54) is 0 Å². The Morgan fingerprint density at radius 2 is 1.75 bits per heavy atom. The van der Waals surface area contributed by atoms with Crippen LogP contribution in [0.1, 0.15) is 11.1 Å². The van der Waals surface area contributed by atoms with Crippen LogP contribution in [0.2, 0.25) is 5.02 Å². The van der Waals surface area contributed by atoms with Gasteiger partial charge in [0.25, 0.3) is 0 Å². The summed E-state index contributed by atoms with van der Waals surface area (Å²) in [5.41, 5.74) is 1.56. The summed E-state index contributed by atoms with van der Waals surface area (Å²) in [7, 11) is -3.57. The van der Waals surface area contributed by atoms with E-state index in [1.807, 2.05) is 6.92 Å². The van der Waals surface area contributed by atoms with Crippen molar-refractivity contribution >= 4 is 38.1 Å². The molecule has 0 unspecified atom stereocenters. The summed E-state index contributed by atoms with van der Waals surface area (Å²) in [4.78, 5) is 0.211. The first-order chi connectivity index (χ1) is 9.38. The van der Waals surface area contributed by atoms with Crippen LogP contribution in [0.15, 0.2) is 58.8 Å². The molecule has 0 aliphatic rings. The van der Waals surface area contributed by atoms with E-state index in [1.54, 1.807) is 48.5 Å². The standard InChI is InChI=1S/C15H12Cl2O2S/c1-11-5-7-14(8-6-11)20(18,19)10-15(17)12-3-2-4-13(16)9-12/h2-10H,1H3/b15-10-. The van der Waals surface area contributed by atoms with Gasteiger partial charge in [0.2, 0.25) is 9.84 Å². The molecule has 104 valence electrons. The van der Waals surface area contributed by atoms with Crippen molar-refractivity contribution in [3.05, 3.63) is 70.1 Å². The van der Waals surface area contributed by atoms with Crippen LogP contribution in [0, 0.1) is 6.92 Å². The summed E-state index contributed by atoms with van der Waals surface area (Å²) in [6, 6.07) is 13.3. The van der Waals surface area contributed by atoms with Gasteiger partial charge in [0.15, 0.2) is 0 Å². The first-order valence-electron chi connectivity index (χ1n) is 5.83. The average molecular weight is 327 g/mol. The second-order valence-electron chi connectivity index (χ2n) is 4.33. The Balaban J connectivity index is 2.40. The van der Waals surface area contributed by atoms with Crippen LogP contribution >= 0.6 is 23.2 Å². The maximum atomic E-state index is 12.2. The normalized spacial score (nSPS) is 12.4. The average Bonchev–Trinajstić information content (AvgIpc) is 2.38. The van der Waals surface area contributed by atoms with Crippen molar-refractivity contribution in [1.29, 1.82) is 0 Å². The number of rotatable bonds is 3. The Morgan fingerprint density at radius 3 is 2.35 bits per heavy atom. The van der Waals surface area contributed by atoms with E-state index < -0.39 is 9.84 Å². The van der Waals surface area contributed by atoms with E-state index >= 15 is 0 Å². The maximum Gasteiger partial charge on any atom is 0.201 e. The van der Waals surface area contributed by atoms with Gasteiger partial charge in [0.05, 0.1) is 15.3 Å². The monoisotopic (exact) mass is 326 g/mol. The van der Waals surface area contributed by atoms with Crippen LogP contribution in [-0.4, -0.2) is 8.42 Å². The minimum Gasteiger partial charge on any atom is -0.219 e. The molecule has 0 aliphatic carbocycles. The van der Waals surface area contributed by atoms with Crippen molar-refractivity contribution in [1.82, 2.24) is 0 Å². The Bertz CT molecular complexity index is 748. The Kier molecular flexibility index (Phi) is 4.53. The summed E-state index contributed by atoms with van der Waals surface area (Å²) in [6.45, 7) is 1.89. The van der Waals surface area contributed by atoms with Gasteiger partial charge in [0, 0.05) is 5.02 Å². The predicted molar refractivity (Wildman–Crippen MR) is 83.6 cm³/mol. The molecule has 2 aromatic rings. The summed E-state index contributed by atoms with van der Waals surface area (Å²) in [5.74, 6) is 0. The fraction of sp³-hybridized carbons (Fsp3) is 0.0667. The smallest absolute Gasteiger partial charge is 0.201 e. The molecule has 2 rings (SSSR count). The topological polar surface area (TPSA) is 34.1 Å². The molecule has 5 heteroatoms. The van der Waals surface area contributed by atoms with Gasteiger partial charge >= 0.3 is 0 Å². The predicted octanol–water partition coefficient (Wildman–Crippen LogP) is 4.66. The lowest BCUT2D eigenvalue weighted by molar-refractivity contribution is 0.605. The van der Waals surface area contributed by atoms with Crippen LogP contribution in [0.5, 0.6) is 0 Å². The molecule has 0 saturated carbocycles. The van der Waals surface area contributed by atoms with Gasteiger partial charge < -0.3 is 0 Å². The summed E-state index contributed by atoms with van der Waals surface area (Å²) >= 11 is 11.9. The Labute approximate surface area is 128 Å². The molecule has 0 aliphatic heterocycles. The van der Waals surface area contributed by atoms with Gasteiger partial charge in [0.1, 0.15) is 0 Å². The first-order valence-corrected chi connectivity index (χ1v) is 8.13. The van der Waals surface area contributed by atoms with E-state index in [0.29, 0.717) is 10.6 Å². The second kappa shape index (κ2) is 6.00.